The third-order valence-corrected chi connectivity index (χ3v) is 4.76. The van der Waals surface area contributed by atoms with Gasteiger partial charge in [-0.1, -0.05) is 58.0 Å². The second-order valence-electron chi connectivity index (χ2n) is 4.19. The van der Waals surface area contributed by atoms with Crippen LogP contribution in [0.3, 0.4) is 0 Å². The van der Waals surface area contributed by atoms with E-state index in [1.165, 1.54) is 12.8 Å². The van der Waals surface area contributed by atoms with Gasteiger partial charge >= 0.3 is 0 Å². The minimum atomic E-state index is -0.165. The Hall–Kier alpha value is 0.430. The Morgan fingerprint density at radius 3 is 2.27 bits per heavy atom. The minimum Gasteiger partial charge on any atom is -0.349 e. The van der Waals surface area contributed by atoms with Gasteiger partial charge in [0, 0.05) is 17.1 Å². The molecule has 0 fully saturated rings. The van der Waals surface area contributed by atoms with Gasteiger partial charge in [0.05, 0.1) is 5.54 Å². The maximum atomic E-state index is 11.6. The summed E-state index contributed by atoms with van der Waals surface area (Å²) in [7, 11) is 0. The van der Waals surface area contributed by atoms with Gasteiger partial charge in [0.15, 0.2) is 0 Å². The van der Waals surface area contributed by atoms with E-state index in [1.54, 1.807) is 0 Å². The summed E-state index contributed by atoms with van der Waals surface area (Å²) < 4.78 is 0. The molecule has 0 rings (SSSR count). The molecule has 0 aromatic carbocycles. The molecule has 0 aromatic rings. The van der Waals surface area contributed by atoms with Gasteiger partial charge < -0.3 is 5.32 Å². The SMILES string of the molecule is CCCCCCC(=O)NC(C)(CBr)CBr. The summed E-state index contributed by atoms with van der Waals surface area (Å²) in [6.45, 7) is 4.20. The Morgan fingerprint density at radius 1 is 1.20 bits per heavy atom. The molecule has 0 atom stereocenters. The molecule has 1 amide bonds. The van der Waals surface area contributed by atoms with Crippen molar-refractivity contribution in [1.29, 1.82) is 0 Å². The molecular weight excluding hydrogens is 322 g/mol. The Bertz CT molecular complexity index is 181. The van der Waals surface area contributed by atoms with Gasteiger partial charge in [-0.15, -0.1) is 0 Å². The number of carbonyl (C=O) groups excluding carboxylic acids is 1. The molecule has 0 saturated heterocycles. The Morgan fingerprint density at radius 2 is 1.80 bits per heavy atom. The molecule has 0 radical (unpaired) electrons. The van der Waals surface area contributed by atoms with Crippen molar-refractivity contribution in [2.24, 2.45) is 0 Å². The van der Waals surface area contributed by atoms with Crippen LogP contribution in [0.25, 0.3) is 0 Å². The Kier molecular flexibility index (Phi) is 8.81. The molecule has 4 heteroatoms. The Labute approximate surface area is 110 Å². The second-order valence-corrected chi connectivity index (χ2v) is 5.31. The minimum absolute atomic E-state index is 0.160. The molecule has 2 nitrogen and oxygen atoms in total. The van der Waals surface area contributed by atoms with Crippen LogP contribution in [0.1, 0.15) is 46.0 Å². The van der Waals surface area contributed by atoms with E-state index in [9.17, 15) is 4.79 Å². The number of rotatable bonds is 8. The van der Waals surface area contributed by atoms with E-state index in [2.05, 4.69) is 44.1 Å². The highest BCUT2D eigenvalue weighted by molar-refractivity contribution is 9.09. The van der Waals surface area contributed by atoms with Crippen LogP contribution in [-0.4, -0.2) is 22.1 Å². The van der Waals surface area contributed by atoms with E-state index in [1.807, 2.05) is 6.92 Å². The van der Waals surface area contributed by atoms with Crippen LogP contribution in [0, 0.1) is 0 Å². The standard InChI is InChI=1S/C11H21Br2NO/c1-3-4-5-6-7-10(15)14-11(2,8-12)9-13/h3-9H2,1-2H3,(H,14,15). The largest absolute Gasteiger partial charge is 0.349 e. The van der Waals surface area contributed by atoms with Crippen LogP contribution in [0.2, 0.25) is 0 Å². The average molecular weight is 343 g/mol. The molecule has 0 aliphatic heterocycles. The molecule has 0 aliphatic carbocycles. The summed E-state index contributed by atoms with van der Waals surface area (Å²) in [4.78, 5) is 11.6. The van der Waals surface area contributed by atoms with Crippen molar-refractivity contribution in [3.63, 3.8) is 0 Å². The van der Waals surface area contributed by atoms with Crippen LogP contribution < -0.4 is 5.32 Å². The van der Waals surface area contributed by atoms with Crippen LogP contribution in [0.5, 0.6) is 0 Å². The van der Waals surface area contributed by atoms with Gasteiger partial charge in [0.25, 0.3) is 0 Å². The number of halogens is 2. The molecule has 0 spiro atoms. The number of carbonyl (C=O) groups is 1. The molecule has 0 unspecified atom stereocenters. The summed E-state index contributed by atoms with van der Waals surface area (Å²) in [6, 6.07) is 0. The summed E-state index contributed by atoms with van der Waals surface area (Å²) in [5.74, 6) is 0.160. The molecule has 0 bridgehead atoms. The number of amides is 1. The van der Waals surface area contributed by atoms with Crippen molar-refractivity contribution in [1.82, 2.24) is 5.32 Å². The third-order valence-electron chi connectivity index (χ3n) is 2.29. The summed E-state index contributed by atoms with van der Waals surface area (Å²) in [6.07, 6.45) is 5.24. The van der Waals surface area contributed by atoms with Crippen LogP contribution >= 0.6 is 31.9 Å². The summed E-state index contributed by atoms with van der Waals surface area (Å²) >= 11 is 6.82. The van der Waals surface area contributed by atoms with Crippen molar-refractivity contribution in [3.05, 3.63) is 0 Å². The summed E-state index contributed by atoms with van der Waals surface area (Å²) in [5, 5.41) is 4.58. The zero-order valence-electron chi connectivity index (χ0n) is 9.61. The van der Waals surface area contributed by atoms with Crippen LogP contribution in [-0.2, 0) is 4.79 Å². The lowest BCUT2D eigenvalue weighted by Gasteiger charge is -2.26. The first-order chi connectivity index (χ1) is 7.08. The maximum absolute atomic E-state index is 11.6. The van der Waals surface area contributed by atoms with Crippen molar-refractivity contribution in [3.8, 4) is 0 Å². The lowest BCUT2D eigenvalue weighted by molar-refractivity contribution is -0.122. The molecule has 15 heavy (non-hydrogen) atoms. The van der Waals surface area contributed by atoms with E-state index < -0.39 is 0 Å². The lowest BCUT2D eigenvalue weighted by atomic mass is 10.1. The predicted molar refractivity (Wildman–Crippen MR) is 72.9 cm³/mol. The Balaban J connectivity index is 3.72. The number of nitrogens with one attached hydrogen (secondary N) is 1. The highest BCUT2D eigenvalue weighted by Crippen LogP contribution is 2.12. The molecule has 0 saturated carbocycles. The van der Waals surface area contributed by atoms with E-state index in [-0.39, 0.29) is 11.4 Å². The fourth-order valence-corrected chi connectivity index (χ4v) is 2.42. The first-order valence-corrected chi connectivity index (χ1v) is 7.75. The third kappa shape index (κ3) is 7.34. The second kappa shape index (κ2) is 8.57. The monoisotopic (exact) mass is 341 g/mol. The maximum Gasteiger partial charge on any atom is 0.220 e. The molecule has 0 aliphatic rings. The smallest absolute Gasteiger partial charge is 0.220 e. The quantitative estimate of drug-likeness (QED) is 0.529. The van der Waals surface area contributed by atoms with E-state index in [0.29, 0.717) is 6.42 Å². The van der Waals surface area contributed by atoms with Crippen molar-refractivity contribution in [2.45, 2.75) is 51.5 Å². The van der Waals surface area contributed by atoms with E-state index in [0.717, 1.165) is 23.5 Å². The van der Waals surface area contributed by atoms with Gasteiger partial charge in [0.1, 0.15) is 0 Å². The molecular formula is C11H21Br2NO. The molecule has 0 aromatic heterocycles. The zero-order valence-corrected chi connectivity index (χ0v) is 12.8. The lowest BCUT2D eigenvalue weighted by Crippen LogP contribution is -2.48. The molecule has 0 heterocycles. The normalized spacial score (nSPS) is 11.5. The van der Waals surface area contributed by atoms with Gasteiger partial charge in [0.2, 0.25) is 5.91 Å². The van der Waals surface area contributed by atoms with Crippen molar-refractivity contribution in [2.75, 3.05) is 10.7 Å². The highest BCUT2D eigenvalue weighted by atomic mass is 79.9. The average Bonchev–Trinajstić information content (AvgIpc) is 2.24. The fraction of sp³-hybridized carbons (Fsp3) is 0.909. The predicted octanol–water partition coefficient (Wildman–Crippen LogP) is 3.62. The fourth-order valence-electron chi connectivity index (χ4n) is 1.21. The first-order valence-electron chi connectivity index (χ1n) is 5.51. The number of alkyl halides is 2. The van der Waals surface area contributed by atoms with Gasteiger partial charge in [-0.25, -0.2) is 0 Å². The van der Waals surface area contributed by atoms with Crippen LogP contribution in [0.15, 0.2) is 0 Å². The molecule has 1 N–H and O–H groups in total. The topological polar surface area (TPSA) is 29.1 Å². The van der Waals surface area contributed by atoms with Crippen LogP contribution in [0.4, 0.5) is 0 Å². The van der Waals surface area contributed by atoms with Crippen molar-refractivity contribution < 1.29 is 4.79 Å². The van der Waals surface area contributed by atoms with Crippen molar-refractivity contribution >= 4 is 37.8 Å². The zero-order chi connectivity index (χ0) is 11.7. The van der Waals surface area contributed by atoms with Gasteiger partial charge in [-0.3, -0.25) is 4.79 Å². The van der Waals surface area contributed by atoms with Gasteiger partial charge in [-0.05, 0) is 13.3 Å². The highest BCUT2D eigenvalue weighted by Gasteiger charge is 2.23. The van der Waals surface area contributed by atoms with E-state index >= 15 is 0 Å². The van der Waals surface area contributed by atoms with Gasteiger partial charge in [-0.2, -0.15) is 0 Å². The summed E-state index contributed by atoms with van der Waals surface area (Å²) in [5.41, 5.74) is -0.165. The number of hydrogen-bond acceptors (Lipinski definition) is 1. The number of hydrogen-bond donors (Lipinski definition) is 1. The molecule has 90 valence electrons. The first kappa shape index (κ1) is 15.4. The number of unbranched alkanes of at least 4 members (excludes halogenated alkanes) is 3. The van der Waals surface area contributed by atoms with E-state index in [4.69, 9.17) is 0 Å².